The first kappa shape index (κ1) is 22.2. The highest BCUT2D eigenvalue weighted by Gasteiger charge is 2.21. The number of ketones is 1. The Bertz CT molecular complexity index is 1450. The van der Waals surface area contributed by atoms with E-state index in [0.717, 1.165) is 4.57 Å². The molecular formula is C24H23FN4O4. The molecule has 2 heterocycles. The van der Waals surface area contributed by atoms with Crippen LogP contribution in [0.3, 0.4) is 0 Å². The number of imidazole rings is 1. The van der Waals surface area contributed by atoms with Gasteiger partial charge in [0.05, 0.1) is 25.7 Å². The minimum Gasteiger partial charge on any atom is -0.497 e. The Hall–Kier alpha value is -4.01. The van der Waals surface area contributed by atoms with Crippen molar-refractivity contribution in [1.82, 2.24) is 18.7 Å². The smallest absolute Gasteiger partial charge is 0.337 e. The van der Waals surface area contributed by atoms with E-state index in [1.165, 1.54) is 46.8 Å². The molecule has 170 valence electrons. The standard InChI is InChI=1S/C24H23FN4O4/c1-15(2)12-28-23(31)21-22(29(24(28)32)18-9-7-17(25)8-10-18)26-14-27(21)13-20(30)16-5-4-6-19(11-16)33-3/h4-11,14-15H,12-13H2,1-3H3. The molecule has 0 aliphatic carbocycles. The molecule has 4 aromatic rings. The van der Waals surface area contributed by atoms with Gasteiger partial charge < -0.3 is 9.30 Å². The molecule has 0 fully saturated rings. The lowest BCUT2D eigenvalue weighted by atomic mass is 10.1. The number of aromatic nitrogens is 4. The number of Topliss-reactive ketones (excluding diaryl/α,β-unsaturated/α-hetero) is 1. The summed E-state index contributed by atoms with van der Waals surface area (Å²) in [7, 11) is 1.51. The maximum Gasteiger partial charge on any atom is 0.337 e. The Morgan fingerprint density at radius 1 is 1.12 bits per heavy atom. The molecule has 0 spiro atoms. The molecule has 8 nitrogen and oxygen atoms in total. The lowest BCUT2D eigenvalue weighted by molar-refractivity contribution is 0.0973. The Balaban J connectivity index is 1.90. The lowest BCUT2D eigenvalue weighted by Crippen LogP contribution is -2.41. The van der Waals surface area contributed by atoms with E-state index in [4.69, 9.17) is 4.74 Å². The second-order valence-electron chi connectivity index (χ2n) is 8.10. The fraction of sp³-hybridized carbons (Fsp3) is 0.250. The summed E-state index contributed by atoms with van der Waals surface area (Å²) in [6.45, 7) is 3.82. The Labute approximate surface area is 188 Å². The van der Waals surface area contributed by atoms with Crippen LogP contribution in [0.5, 0.6) is 5.75 Å². The van der Waals surface area contributed by atoms with Gasteiger partial charge in [0, 0.05) is 12.1 Å². The van der Waals surface area contributed by atoms with E-state index in [9.17, 15) is 18.8 Å². The summed E-state index contributed by atoms with van der Waals surface area (Å²) < 4.78 is 22.5. The van der Waals surface area contributed by atoms with Crippen LogP contribution in [0.25, 0.3) is 16.9 Å². The first-order valence-electron chi connectivity index (χ1n) is 10.4. The van der Waals surface area contributed by atoms with E-state index >= 15 is 0 Å². The van der Waals surface area contributed by atoms with Crippen molar-refractivity contribution in [3.05, 3.63) is 87.1 Å². The van der Waals surface area contributed by atoms with Crippen LogP contribution in [0.2, 0.25) is 0 Å². The molecule has 0 aliphatic rings. The summed E-state index contributed by atoms with van der Waals surface area (Å²) in [5.74, 6) is -0.138. The fourth-order valence-electron chi connectivity index (χ4n) is 3.69. The number of hydrogen-bond acceptors (Lipinski definition) is 5. The summed E-state index contributed by atoms with van der Waals surface area (Å²) in [5.41, 5.74) is -0.0834. The number of nitrogens with zero attached hydrogens (tertiary/aromatic N) is 4. The first-order chi connectivity index (χ1) is 15.8. The van der Waals surface area contributed by atoms with Gasteiger partial charge >= 0.3 is 5.69 Å². The van der Waals surface area contributed by atoms with Gasteiger partial charge in [0.15, 0.2) is 16.9 Å². The van der Waals surface area contributed by atoms with E-state index in [0.29, 0.717) is 17.0 Å². The molecule has 0 radical (unpaired) electrons. The van der Waals surface area contributed by atoms with Crippen LogP contribution in [0.15, 0.2) is 64.4 Å². The molecule has 2 aromatic heterocycles. The zero-order valence-corrected chi connectivity index (χ0v) is 18.5. The van der Waals surface area contributed by atoms with E-state index < -0.39 is 17.1 Å². The average molecular weight is 450 g/mol. The molecule has 0 bridgehead atoms. The quantitative estimate of drug-likeness (QED) is 0.404. The molecule has 0 N–H and O–H groups in total. The second-order valence-corrected chi connectivity index (χ2v) is 8.10. The minimum absolute atomic E-state index is 0.0179. The van der Waals surface area contributed by atoms with Gasteiger partial charge in [0.1, 0.15) is 11.6 Å². The zero-order chi connectivity index (χ0) is 23.7. The third-order valence-electron chi connectivity index (χ3n) is 5.24. The van der Waals surface area contributed by atoms with E-state index in [1.807, 2.05) is 13.8 Å². The second kappa shape index (κ2) is 8.85. The molecule has 0 atom stereocenters. The lowest BCUT2D eigenvalue weighted by Gasteiger charge is -2.14. The van der Waals surface area contributed by atoms with Crippen molar-refractivity contribution in [2.24, 2.45) is 5.92 Å². The number of carbonyl (C=O) groups excluding carboxylic acids is 1. The molecule has 0 amide bonds. The zero-order valence-electron chi connectivity index (χ0n) is 18.5. The number of methoxy groups -OCH3 is 1. The normalized spacial score (nSPS) is 11.3. The van der Waals surface area contributed by atoms with Gasteiger partial charge in [-0.25, -0.2) is 18.7 Å². The maximum atomic E-state index is 13.5. The van der Waals surface area contributed by atoms with Crippen LogP contribution in [-0.2, 0) is 13.1 Å². The summed E-state index contributed by atoms with van der Waals surface area (Å²) in [6, 6.07) is 12.1. The number of halogens is 1. The van der Waals surface area contributed by atoms with E-state index in [-0.39, 0.29) is 36.0 Å². The van der Waals surface area contributed by atoms with Crippen molar-refractivity contribution < 1.29 is 13.9 Å². The number of ether oxygens (including phenoxy) is 1. The van der Waals surface area contributed by atoms with Crippen LogP contribution in [0.1, 0.15) is 24.2 Å². The molecule has 2 aromatic carbocycles. The van der Waals surface area contributed by atoms with Crippen molar-refractivity contribution in [1.29, 1.82) is 0 Å². The van der Waals surface area contributed by atoms with Crippen molar-refractivity contribution in [3.63, 3.8) is 0 Å². The highest BCUT2D eigenvalue weighted by Crippen LogP contribution is 2.17. The van der Waals surface area contributed by atoms with Gasteiger partial charge in [-0.3, -0.25) is 14.2 Å². The minimum atomic E-state index is -0.572. The van der Waals surface area contributed by atoms with Crippen LogP contribution in [0, 0.1) is 11.7 Å². The fourth-order valence-corrected chi connectivity index (χ4v) is 3.69. The number of hydrogen-bond donors (Lipinski definition) is 0. The number of benzene rings is 2. The molecule has 0 saturated carbocycles. The largest absolute Gasteiger partial charge is 0.497 e. The average Bonchev–Trinajstić information content (AvgIpc) is 3.21. The van der Waals surface area contributed by atoms with Gasteiger partial charge in [-0.2, -0.15) is 0 Å². The third-order valence-corrected chi connectivity index (χ3v) is 5.24. The molecular weight excluding hydrogens is 427 g/mol. The van der Waals surface area contributed by atoms with Gasteiger partial charge in [-0.05, 0) is 42.3 Å². The van der Waals surface area contributed by atoms with Crippen LogP contribution < -0.4 is 16.0 Å². The van der Waals surface area contributed by atoms with Crippen molar-refractivity contribution in [2.45, 2.75) is 26.9 Å². The number of carbonyl (C=O) groups is 1. The molecule has 4 rings (SSSR count). The topological polar surface area (TPSA) is 88.1 Å². The predicted octanol–water partition coefficient (Wildman–Crippen LogP) is 3.04. The van der Waals surface area contributed by atoms with Crippen molar-refractivity contribution in [2.75, 3.05) is 7.11 Å². The van der Waals surface area contributed by atoms with Gasteiger partial charge in [0.25, 0.3) is 5.56 Å². The van der Waals surface area contributed by atoms with Crippen molar-refractivity contribution >= 4 is 16.9 Å². The van der Waals surface area contributed by atoms with Crippen LogP contribution in [-0.4, -0.2) is 31.6 Å². The monoisotopic (exact) mass is 450 g/mol. The van der Waals surface area contributed by atoms with Gasteiger partial charge in [0.2, 0.25) is 0 Å². The maximum absolute atomic E-state index is 13.5. The summed E-state index contributed by atoms with van der Waals surface area (Å²) in [6.07, 6.45) is 1.36. The van der Waals surface area contributed by atoms with Crippen LogP contribution >= 0.6 is 0 Å². The highest BCUT2D eigenvalue weighted by atomic mass is 19.1. The molecule has 0 saturated heterocycles. The molecule has 0 aliphatic heterocycles. The Kier molecular flexibility index (Phi) is 5.95. The van der Waals surface area contributed by atoms with Crippen molar-refractivity contribution in [3.8, 4) is 11.4 Å². The SMILES string of the molecule is COc1cccc(C(=O)Cn2cnc3c2c(=O)n(CC(C)C)c(=O)n3-c2ccc(F)cc2)c1. The summed E-state index contributed by atoms with van der Waals surface area (Å²) >= 11 is 0. The third kappa shape index (κ3) is 4.21. The number of fused-ring (bicyclic) bond motifs is 1. The highest BCUT2D eigenvalue weighted by molar-refractivity contribution is 5.96. The Morgan fingerprint density at radius 2 is 1.85 bits per heavy atom. The molecule has 9 heteroatoms. The predicted molar refractivity (Wildman–Crippen MR) is 122 cm³/mol. The molecule has 0 unspecified atom stereocenters. The number of rotatable bonds is 7. The van der Waals surface area contributed by atoms with E-state index in [2.05, 4.69) is 4.98 Å². The van der Waals surface area contributed by atoms with Gasteiger partial charge in [-0.1, -0.05) is 26.0 Å². The van der Waals surface area contributed by atoms with Crippen LogP contribution in [0.4, 0.5) is 4.39 Å². The first-order valence-corrected chi connectivity index (χ1v) is 10.4. The van der Waals surface area contributed by atoms with E-state index in [1.54, 1.807) is 24.3 Å². The Morgan fingerprint density at radius 3 is 2.52 bits per heavy atom. The molecule has 33 heavy (non-hydrogen) atoms. The summed E-state index contributed by atoms with van der Waals surface area (Å²) in [4.78, 5) is 43.8. The van der Waals surface area contributed by atoms with Gasteiger partial charge in [-0.15, -0.1) is 0 Å². The summed E-state index contributed by atoms with van der Waals surface area (Å²) in [5, 5.41) is 0.